The summed E-state index contributed by atoms with van der Waals surface area (Å²) in [4.78, 5) is 4.28. The quantitative estimate of drug-likeness (QED) is 0.210. The molecule has 3 N–H and O–H groups in total. The van der Waals surface area contributed by atoms with Crippen LogP contribution in [0.15, 0.2) is 59.6 Å². The zero-order valence-corrected chi connectivity index (χ0v) is 18.5. The summed E-state index contributed by atoms with van der Waals surface area (Å²) in [5.74, 6) is 0.834. The van der Waals surface area contributed by atoms with Crippen LogP contribution < -0.4 is 16.0 Å². The predicted molar refractivity (Wildman–Crippen MR) is 125 cm³/mol. The summed E-state index contributed by atoms with van der Waals surface area (Å²) >= 11 is 0. The van der Waals surface area contributed by atoms with Crippen LogP contribution in [0.5, 0.6) is 0 Å². The Balaban J connectivity index is 0.00000364. The van der Waals surface area contributed by atoms with E-state index in [4.69, 9.17) is 4.74 Å². The van der Waals surface area contributed by atoms with Crippen LogP contribution in [0.3, 0.4) is 0 Å². The number of ether oxygens (including phenoxy) is 1. The van der Waals surface area contributed by atoms with Gasteiger partial charge in [-0.3, -0.25) is 4.99 Å². The van der Waals surface area contributed by atoms with Gasteiger partial charge in [-0.15, -0.1) is 24.0 Å². The Bertz CT molecular complexity index is 647. The van der Waals surface area contributed by atoms with Gasteiger partial charge in [-0.2, -0.15) is 0 Å². The van der Waals surface area contributed by atoms with E-state index < -0.39 is 0 Å². The third kappa shape index (κ3) is 9.63. The molecule has 0 atom stereocenters. The summed E-state index contributed by atoms with van der Waals surface area (Å²) in [6.45, 7) is 3.16. The summed E-state index contributed by atoms with van der Waals surface area (Å²) in [6, 6.07) is 19.0. The molecule has 0 aromatic heterocycles. The number of halogens is 1. The monoisotopic (exact) mass is 482 g/mol. The standard InChI is InChI=1S/C21H30N4O.HI/c1-22-21(24-14-6-9-18-7-4-3-5-8-18)25-17-19-10-12-20(13-11-19)23-15-16-26-2;/h3-5,7-8,10-13,23H,6,9,14-17H2,1-2H3,(H2,22,24,25);1H. The highest BCUT2D eigenvalue weighted by atomic mass is 127. The van der Waals surface area contributed by atoms with E-state index in [1.54, 1.807) is 14.2 Å². The van der Waals surface area contributed by atoms with Gasteiger partial charge < -0.3 is 20.7 Å². The van der Waals surface area contributed by atoms with E-state index in [1.165, 1.54) is 11.1 Å². The molecule has 2 aromatic rings. The average Bonchev–Trinajstić information content (AvgIpc) is 2.69. The number of methoxy groups -OCH3 is 1. The zero-order valence-electron chi connectivity index (χ0n) is 16.2. The molecule has 0 radical (unpaired) electrons. The van der Waals surface area contributed by atoms with Gasteiger partial charge in [0.2, 0.25) is 0 Å². The lowest BCUT2D eigenvalue weighted by Crippen LogP contribution is -2.37. The molecule has 0 aliphatic heterocycles. The fourth-order valence-corrected chi connectivity index (χ4v) is 2.59. The van der Waals surface area contributed by atoms with E-state index in [-0.39, 0.29) is 24.0 Å². The first-order valence-corrected chi connectivity index (χ1v) is 9.12. The Labute approximate surface area is 180 Å². The van der Waals surface area contributed by atoms with Gasteiger partial charge in [-0.1, -0.05) is 42.5 Å². The highest BCUT2D eigenvalue weighted by Crippen LogP contribution is 2.09. The lowest BCUT2D eigenvalue weighted by molar-refractivity contribution is 0.211. The lowest BCUT2D eigenvalue weighted by Gasteiger charge is -2.12. The van der Waals surface area contributed by atoms with Crippen molar-refractivity contribution in [1.29, 1.82) is 0 Å². The highest BCUT2D eigenvalue weighted by Gasteiger charge is 1.99. The van der Waals surface area contributed by atoms with Gasteiger partial charge in [-0.25, -0.2) is 0 Å². The Morgan fingerprint density at radius 2 is 1.67 bits per heavy atom. The van der Waals surface area contributed by atoms with Gasteiger partial charge in [0, 0.05) is 39.5 Å². The van der Waals surface area contributed by atoms with Crippen LogP contribution in [0, 0.1) is 0 Å². The average molecular weight is 482 g/mol. The maximum absolute atomic E-state index is 5.04. The van der Waals surface area contributed by atoms with Gasteiger partial charge in [0.25, 0.3) is 0 Å². The number of guanidine groups is 1. The number of rotatable bonds is 10. The molecular formula is C21H31IN4O. The van der Waals surface area contributed by atoms with Crippen molar-refractivity contribution in [3.63, 3.8) is 0 Å². The van der Waals surface area contributed by atoms with E-state index in [0.29, 0.717) is 6.61 Å². The molecule has 0 unspecified atom stereocenters. The van der Waals surface area contributed by atoms with Gasteiger partial charge in [0.1, 0.15) is 0 Å². The molecule has 0 bridgehead atoms. The zero-order chi connectivity index (χ0) is 18.5. The molecule has 0 spiro atoms. The molecule has 0 saturated heterocycles. The molecule has 0 saturated carbocycles. The molecule has 5 nitrogen and oxygen atoms in total. The van der Waals surface area contributed by atoms with E-state index in [9.17, 15) is 0 Å². The second kappa shape index (κ2) is 14.3. The first-order chi connectivity index (χ1) is 12.8. The lowest BCUT2D eigenvalue weighted by atomic mass is 10.1. The molecule has 148 valence electrons. The Kier molecular flexibility index (Phi) is 12.3. The molecule has 0 fully saturated rings. The summed E-state index contributed by atoms with van der Waals surface area (Å²) in [6.07, 6.45) is 2.15. The molecule has 0 aliphatic rings. The molecule has 2 rings (SSSR count). The number of hydrogen-bond donors (Lipinski definition) is 3. The minimum atomic E-state index is 0. The third-order valence-corrected chi connectivity index (χ3v) is 4.05. The van der Waals surface area contributed by atoms with Crippen molar-refractivity contribution in [1.82, 2.24) is 10.6 Å². The highest BCUT2D eigenvalue weighted by molar-refractivity contribution is 14.0. The minimum absolute atomic E-state index is 0. The number of nitrogens with one attached hydrogen (secondary N) is 3. The van der Waals surface area contributed by atoms with E-state index in [0.717, 1.165) is 44.1 Å². The summed E-state index contributed by atoms with van der Waals surface area (Å²) in [7, 11) is 3.51. The summed E-state index contributed by atoms with van der Waals surface area (Å²) in [5, 5.41) is 10.0. The second-order valence-electron chi connectivity index (χ2n) is 6.06. The first-order valence-electron chi connectivity index (χ1n) is 9.12. The number of aliphatic imine (C=N–C) groups is 1. The molecular weight excluding hydrogens is 451 g/mol. The van der Waals surface area contributed by atoms with Crippen LogP contribution in [-0.2, 0) is 17.7 Å². The van der Waals surface area contributed by atoms with Crippen molar-refractivity contribution in [3.05, 3.63) is 65.7 Å². The van der Waals surface area contributed by atoms with Crippen LogP contribution in [0.2, 0.25) is 0 Å². The largest absolute Gasteiger partial charge is 0.383 e. The van der Waals surface area contributed by atoms with Gasteiger partial charge in [-0.05, 0) is 36.1 Å². The minimum Gasteiger partial charge on any atom is -0.383 e. The smallest absolute Gasteiger partial charge is 0.191 e. The molecule has 6 heteroatoms. The van der Waals surface area contributed by atoms with Crippen molar-refractivity contribution in [2.24, 2.45) is 4.99 Å². The van der Waals surface area contributed by atoms with Crippen LogP contribution in [0.4, 0.5) is 5.69 Å². The van der Waals surface area contributed by atoms with E-state index in [2.05, 4.69) is 75.5 Å². The Morgan fingerprint density at radius 3 is 2.33 bits per heavy atom. The van der Waals surface area contributed by atoms with Crippen LogP contribution >= 0.6 is 24.0 Å². The number of benzene rings is 2. The molecule has 0 amide bonds. The molecule has 2 aromatic carbocycles. The molecule has 0 heterocycles. The topological polar surface area (TPSA) is 57.7 Å². The van der Waals surface area contributed by atoms with Crippen molar-refractivity contribution < 1.29 is 4.74 Å². The second-order valence-corrected chi connectivity index (χ2v) is 6.06. The number of anilines is 1. The van der Waals surface area contributed by atoms with Crippen molar-refractivity contribution in [2.45, 2.75) is 19.4 Å². The van der Waals surface area contributed by atoms with E-state index >= 15 is 0 Å². The molecule has 27 heavy (non-hydrogen) atoms. The van der Waals surface area contributed by atoms with Crippen molar-refractivity contribution in [2.75, 3.05) is 39.2 Å². The Morgan fingerprint density at radius 1 is 0.926 bits per heavy atom. The van der Waals surface area contributed by atoms with E-state index in [1.807, 2.05) is 0 Å². The number of hydrogen-bond acceptors (Lipinski definition) is 3. The van der Waals surface area contributed by atoms with Gasteiger partial charge in [0.05, 0.1) is 6.61 Å². The van der Waals surface area contributed by atoms with Gasteiger partial charge in [0.15, 0.2) is 5.96 Å². The fourth-order valence-electron chi connectivity index (χ4n) is 2.59. The fraction of sp³-hybridized carbons (Fsp3) is 0.381. The van der Waals surface area contributed by atoms with Crippen molar-refractivity contribution in [3.8, 4) is 0 Å². The summed E-state index contributed by atoms with van der Waals surface area (Å²) in [5.41, 5.74) is 3.69. The SMILES string of the molecule is CN=C(NCCCc1ccccc1)NCc1ccc(NCCOC)cc1.I. The van der Waals surface area contributed by atoms with Crippen molar-refractivity contribution >= 4 is 35.6 Å². The predicted octanol–water partition coefficient (Wildman–Crippen LogP) is 3.66. The number of nitrogens with zero attached hydrogens (tertiary/aromatic N) is 1. The first kappa shape index (κ1) is 23.2. The Hall–Kier alpha value is -1.80. The maximum atomic E-state index is 5.04. The molecule has 0 aliphatic carbocycles. The normalized spacial score (nSPS) is 10.8. The maximum Gasteiger partial charge on any atom is 0.191 e. The van der Waals surface area contributed by atoms with Crippen LogP contribution in [-0.4, -0.2) is 39.8 Å². The van der Waals surface area contributed by atoms with Gasteiger partial charge >= 0.3 is 0 Å². The van der Waals surface area contributed by atoms with Crippen LogP contribution in [0.1, 0.15) is 17.5 Å². The van der Waals surface area contributed by atoms with Crippen LogP contribution in [0.25, 0.3) is 0 Å². The number of aryl methyl sites for hydroxylation is 1. The summed E-state index contributed by atoms with van der Waals surface area (Å²) < 4.78 is 5.04. The third-order valence-electron chi connectivity index (χ3n) is 4.05.